The summed E-state index contributed by atoms with van der Waals surface area (Å²) in [6, 6.07) is 7.31. The third kappa shape index (κ3) is 4.18. The number of hydrogen-bond acceptors (Lipinski definition) is 4. The summed E-state index contributed by atoms with van der Waals surface area (Å²) in [7, 11) is 1.63. The molecule has 1 aromatic carbocycles. The predicted molar refractivity (Wildman–Crippen MR) is 62.3 cm³/mol. The number of rotatable bonds is 7. The van der Waals surface area contributed by atoms with Gasteiger partial charge in [0.05, 0.1) is 6.61 Å². The molecule has 0 fully saturated rings. The van der Waals surface area contributed by atoms with Crippen LogP contribution in [0.15, 0.2) is 24.3 Å². The second-order valence-corrected chi connectivity index (χ2v) is 3.67. The number of benzene rings is 1. The van der Waals surface area contributed by atoms with Gasteiger partial charge >= 0.3 is 0 Å². The van der Waals surface area contributed by atoms with Crippen LogP contribution in [0.4, 0.5) is 0 Å². The van der Waals surface area contributed by atoms with Crippen LogP contribution in [0.25, 0.3) is 0 Å². The number of aromatic hydroxyl groups is 1. The van der Waals surface area contributed by atoms with Gasteiger partial charge in [-0.15, -0.1) is 0 Å². The number of phenols is 1. The van der Waals surface area contributed by atoms with Gasteiger partial charge in [-0.3, -0.25) is 0 Å². The van der Waals surface area contributed by atoms with Crippen molar-refractivity contribution in [2.75, 3.05) is 20.3 Å². The Labute approximate surface area is 95.9 Å². The van der Waals surface area contributed by atoms with E-state index in [9.17, 15) is 5.11 Å². The van der Waals surface area contributed by atoms with E-state index in [0.717, 1.165) is 5.56 Å². The molecular formula is C12H19NO3. The molecule has 4 heteroatoms. The fourth-order valence-electron chi connectivity index (χ4n) is 1.52. The summed E-state index contributed by atoms with van der Waals surface area (Å²) in [5.41, 5.74) is 0.849. The van der Waals surface area contributed by atoms with Gasteiger partial charge in [0, 0.05) is 31.9 Å². The maximum atomic E-state index is 9.56. The standard InChI is InChI=1S/C12H19NO3/c1-16-9-11(6-7-14)13-8-10-4-2-3-5-12(10)15/h2-5,11,13-15H,6-9H2,1H3. The first kappa shape index (κ1) is 13.0. The minimum absolute atomic E-state index is 0.106. The van der Waals surface area contributed by atoms with E-state index in [2.05, 4.69) is 5.32 Å². The average Bonchev–Trinajstić information content (AvgIpc) is 2.28. The lowest BCUT2D eigenvalue weighted by Crippen LogP contribution is -2.33. The van der Waals surface area contributed by atoms with E-state index >= 15 is 0 Å². The highest BCUT2D eigenvalue weighted by molar-refractivity contribution is 5.31. The fraction of sp³-hybridized carbons (Fsp3) is 0.500. The Bertz CT molecular complexity index is 298. The van der Waals surface area contributed by atoms with Crippen LogP contribution < -0.4 is 5.32 Å². The zero-order valence-corrected chi connectivity index (χ0v) is 9.52. The molecule has 0 heterocycles. The summed E-state index contributed by atoms with van der Waals surface area (Å²) in [5, 5.41) is 21.7. The number of phenolic OH excluding ortho intramolecular Hbond substituents is 1. The highest BCUT2D eigenvalue weighted by Crippen LogP contribution is 2.15. The van der Waals surface area contributed by atoms with Crippen LogP contribution in [0, 0.1) is 0 Å². The molecule has 0 radical (unpaired) electrons. The fourth-order valence-corrected chi connectivity index (χ4v) is 1.52. The van der Waals surface area contributed by atoms with Crippen molar-refractivity contribution in [1.29, 1.82) is 0 Å². The number of para-hydroxylation sites is 1. The Hall–Kier alpha value is -1.10. The maximum Gasteiger partial charge on any atom is 0.120 e. The number of nitrogens with one attached hydrogen (secondary N) is 1. The number of methoxy groups -OCH3 is 1. The molecule has 0 aliphatic rings. The third-order valence-corrected chi connectivity index (χ3v) is 2.42. The van der Waals surface area contributed by atoms with Crippen LogP contribution in [0.5, 0.6) is 5.75 Å². The zero-order valence-electron chi connectivity index (χ0n) is 9.52. The van der Waals surface area contributed by atoms with Crippen molar-refractivity contribution in [3.8, 4) is 5.75 Å². The summed E-state index contributed by atoms with van der Waals surface area (Å²) < 4.78 is 5.04. The Morgan fingerprint density at radius 3 is 2.75 bits per heavy atom. The van der Waals surface area contributed by atoms with Gasteiger partial charge in [-0.25, -0.2) is 0 Å². The molecule has 0 spiro atoms. The number of aliphatic hydroxyl groups is 1. The maximum absolute atomic E-state index is 9.56. The average molecular weight is 225 g/mol. The van der Waals surface area contributed by atoms with Crippen molar-refractivity contribution < 1.29 is 14.9 Å². The summed E-state index contributed by atoms with van der Waals surface area (Å²) in [4.78, 5) is 0. The van der Waals surface area contributed by atoms with E-state index in [1.807, 2.05) is 12.1 Å². The monoisotopic (exact) mass is 225 g/mol. The first-order valence-corrected chi connectivity index (χ1v) is 5.38. The minimum Gasteiger partial charge on any atom is -0.508 e. The summed E-state index contributed by atoms with van der Waals surface area (Å²) in [5.74, 6) is 0.287. The Balaban J connectivity index is 2.45. The van der Waals surface area contributed by atoms with Crippen molar-refractivity contribution in [2.24, 2.45) is 0 Å². The summed E-state index contributed by atoms with van der Waals surface area (Å²) in [6.45, 7) is 1.25. The van der Waals surface area contributed by atoms with Gasteiger partial charge in [0.2, 0.25) is 0 Å². The number of aliphatic hydroxyl groups excluding tert-OH is 1. The molecule has 0 aromatic heterocycles. The molecular weight excluding hydrogens is 206 g/mol. The topological polar surface area (TPSA) is 61.7 Å². The molecule has 0 aliphatic carbocycles. The van der Waals surface area contributed by atoms with Crippen molar-refractivity contribution in [3.63, 3.8) is 0 Å². The molecule has 3 N–H and O–H groups in total. The lowest BCUT2D eigenvalue weighted by Gasteiger charge is -2.17. The van der Waals surface area contributed by atoms with Gasteiger partial charge in [0.25, 0.3) is 0 Å². The van der Waals surface area contributed by atoms with Crippen LogP contribution in [0.2, 0.25) is 0 Å². The summed E-state index contributed by atoms with van der Waals surface area (Å²) >= 11 is 0. The Kier molecular flexibility index (Phi) is 5.85. The lowest BCUT2D eigenvalue weighted by atomic mass is 10.1. The third-order valence-electron chi connectivity index (χ3n) is 2.42. The first-order chi connectivity index (χ1) is 7.77. The molecule has 0 aliphatic heterocycles. The van der Waals surface area contributed by atoms with Gasteiger partial charge in [0.15, 0.2) is 0 Å². The molecule has 0 saturated heterocycles. The van der Waals surface area contributed by atoms with E-state index in [0.29, 0.717) is 19.6 Å². The molecule has 0 saturated carbocycles. The number of hydrogen-bond donors (Lipinski definition) is 3. The molecule has 0 amide bonds. The van der Waals surface area contributed by atoms with Gasteiger partial charge in [-0.2, -0.15) is 0 Å². The van der Waals surface area contributed by atoms with Gasteiger partial charge < -0.3 is 20.3 Å². The van der Waals surface area contributed by atoms with Crippen molar-refractivity contribution in [2.45, 2.75) is 19.0 Å². The van der Waals surface area contributed by atoms with Crippen LogP contribution in [0.1, 0.15) is 12.0 Å². The van der Waals surface area contributed by atoms with Crippen molar-refractivity contribution >= 4 is 0 Å². The summed E-state index contributed by atoms with van der Waals surface area (Å²) in [6.07, 6.45) is 0.640. The lowest BCUT2D eigenvalue weighted by molar-refractivity contribution is 0.148. The van der Waals surface area contributed by atoms with E-state index in [-0.39, 0.29) is 18.4 Å². The van der Waals surface area contributed by atoms with Gasteiger partial charge in [-0.1, -0.05) is 18.2 Å². The predicted octanol–water partition coefficient (Wildman–Crippen LogP) is 0.879. The van der Waals surface area contributed by atoms with Crippen LogP contribution >= 0.6 is 0 Å². The molecule has 1 atom stereocenters. The van der Waals surface area contributed by atoms with Crippen LogP contribution in [-0.2, 0) is 11.3 Å². The Morgan fingerprint density at radius 2 is 2.12 bits per heavy atom. The molecule has 1 rings (SSSR count). The quantitative estimate of drug-likeness (QED) is 0.644. The van der Waals surface area contributed by atoms with Gasteiger partial charge in [0.1, 0.15) is 5.75 Å². The SMILES string of the molecule is COCC(CCO)NCc1ccccc1O. The molecule has 4 nitrogen and oxygen atoms in total. The highest BCUT2D eigenvalue weighted by Gasteiger charge is 2.08. The second kappa shape index (κ2) is 7.22. The van der Waals surface area contributed by atoms with Crippen LogP contribution in [0.3, 0.4) is 0 Å². The molecule has 0 bridgehead atoms. The largest absolute Gasteiger partial charge is 0.508 e. The van der Waals surface area contributed by atoms with E-state index in [1.54, 1.807) is 19.2 Å². The molecule has 1 unspecified atom stereocenters. The minimum atomic E-state index is 0.106. The first-order valence-electron chi connectivity index (χ1n) is 5.38. The number of ether oxygens (including phenoxy) is 1. The van der Waals surface area contributed by atoms with Gasteiger partial charge in [-0.05, 0) is 12.5 Å². The van der Waals surface area contributed by atoms with Crippen LogP contribution in [-0.4, -0.2) is 36.6 Å². The molecule has 90 valence electrons. The smallest absolute Gasteiger partial charge is 0.120 e. The Morgan fingerprint density at radius 1 is 1.38 bits per heavy atom. The zero-order chi connectivity index (χ0) is 11.8. The molecule has 16 heavy (non-hydrogen) atoms. The highest BCUT2D eigenvalue weighted by atomic mass is 16.5. The van der Waals surface area contributed by atoms with E-state index in [4.69, 9.17) is 9.84 Å². The van der Waals surface area contributed by atoms with E-state index in [1.165, 1.54) is 0 Å². The van der Waals surface area contributed by atoms with Crippen molar-refractivity contribution in [1.82, 2.24) is 5.32 Å². The van der Waals surface area contributed by atoms with E-state index < -0.39 is 0 Å². The second-order valence-electron chi connectivity index (χ2n) is 3.67. The molecule has 1 aromatic rings. The normalized spacial score (nSPS) is 12.6. The van der Waals surface area contributed by atoms with Crippen molar-refractivity contribution in [3.05, 3.63) is 29.8 Å².